The van der Waals surface area contributed by atoms with Gasteiger partial charge in [0.15, 0.2) is 5.13 Å². The number of hydrogen-bond donors (Lipinski definition) is 2. The van der Waals surface area contributed by atoms with E-state index < -0.39 is 0 Å². The van der Waals surface area contributed by atoms with Gasteiger partial charge in [0.2, 0.25) is 0 Å². The summed E-state index contributed by atoms with van der Waals surface area (Å²) in [6.45, 7) is 4.27. The number of nitrogens with one attached hydrogen (secondary N) is 2. The Morgan fingerprint density at radius 1 is 1.43 bits per heavy atom. The summed E-state index contributed by atoms with van der Waals surface area (Å²) < 4.78 is 0. The van der Waals surface area contributed by atoms with Crippen molar-refractivity contribution in [3.8, 4) is 0 Å². The van der Waals surface area contributed by atoms with Crippen molar-refractivity contribution in [3.05, 3.63) is 41.2 Å². The fraction of sp³-hybridized carbons (Fsp3) is 0.400. The SMILES string of the molecule is CNc1nc(C(=O)N[C@H](CC(C)C)c2cccnc2)cs1. The molecule has 0 aliphatic heterocycles. The number of anilines is 1. The van der Waals surface area contributed by atoms with Gasteiger partial charge in [0.25, 0.3) is 5.91 Å². The Labute approximate surface area is 128 Å². The first-order valence-electron chi connectivity index (χ1n) is 6.94. The van der Waals surface area contributed by atoms with E-state index in [-0.39, 0.29) is 11.9 Å². The highest BCUT2D eigenvalue weighted by molar-refractivity contribution is 7.13. The van der Waals surface area contributed by atoms with Crippen LogP contribution in [-0.2, 0) is 0 Å². The molecule has 5 nitrogen and oxygen atoms in total. The van der Waals surface area contributed by atoms with Crippen LogP contribution in [0, 0.1) is 5.92 Å². The van der Waals surface area contributed by atoms with Gasteiger partial charge in [-0.25, -0.2) is 4.98 Å². The van der Waals surface area contributed by atoms with Gasteiger partial charge in [-0.05, 0) is 24.0 Å². The molecule has 6 heteroatoms. The van der Waals surface area contributed by atoms with Gasteiger partial charge in [-0.3, -0.25) is 9.78 Å². The Morgan fingerprint density at radius 2 is 2.24 bits per heavy atom. The number of hydrogen-bond acceptors (Lipinski definition) is 5. The average molecular weight is 304 g/mol. The molecule has 0 aliphatic rings. The minimum absolute atomic E-state index is 0.0501. The summed E-state index contributed by atoms with van der Waals surface area (Å²) in [5.74, 6) is 0.320. The van der Waals surface area contributed by atoms with Crippen LogP contribution in [0.1, 0.15) is 42.4 Å². The minimum atomic E-state index is -0.151. The van der Waals surface area contributed by atoms with Crippen LogP contribution in [0.4, 0.5) is 5.13 Å². The van der Waals surface area contributed by atoms with E-state index in [1.807, 2.05) is 12.1 Å². The molecule has 112 valence electrons. The number of carbonyl (C=O) groups excluding carboxylic acids is 1. The molecule has 21 heavy (non-hydrogen) atoms. The third kappa shape index (κ3) is 4.26. The maximum Gasteiger partial charge on any atom is 0.271 e. The van der Waals surface area contributed by atoms with Gasteiger partial charge in [-0.15, -0.1) is 11.3 Å². The maximum absolute atomic E-state index is 12.3. The number of nitrogens with zero attached hydrogens (tertiary/aromatic N) is 2. The lowest BCUT2D eigenvalue weighted by atomic mass is 9.98. The van der Waals surface area contributed by atoms with Crippen LogP contribution in [0.3, 0.4) is 0 Å². The highest BCUT2D eigenvalue weighted by atomic mass is 32.1. The van der Waals surface area contributed by atoms with E-state index in [1.54, 1.807) is 24.8 Å². The third-order valence-corrected chi connectivity index (χ3v) is 3.91. The lowest BCUT2D eigenvalue weighted by molar-refractivity contribution is 0.0927. The molecule has 2 aromatic rings. The van der Waals surface area contributed by atoms with Crippen molar-refractivity contribution in [2.45, 2.75) is 26.3 Å². The van der Waals surface area contributed by atoms with Crippen LogP contribution in [0.2, 0.25) is 0 Å². The fourth-order valence-electron chi connectivity index (χ4n) is 2.06. The van der Waals surface area contributed by atoms with Crippen LogP contribution >= 0.6 is 11.3 Å². The summed E-state index contributed by atoms with van der Waals surface area (Å²) in [5, 5.41) is 8.49. The summed E-state index contributed by atoms with van der Waals surface area (Å²) in [4.78, 5) is 20.7. The van der Waals surface area contributed by atoms with Crippen LogP contribution in [0.5, 0.6) is 0 Å². The monoisotopic (exact) mass is 304 g/mol. The highest BCUT2D eigenvalue weighted by Crippen LogP contribution is 2.22. The van der Waals surface area contributed by atoms with Crippen molar-refractivity contribution < 1.29 is 4.79 Å². The Bertz CT molecular complexity index is 582. The van der Waals surface area contributed by atoms with E-state index >= 15 is 0 Å². The molecule has 0 bridgehead atoms. The van der Waals surface area contributed by atoms with Crippen LogP contribution in [-0.4, -0.2) is 22.9 Å². The zero-order valence-corrected chi connectivity index (χ0v) is 13.3. The Morgan fingerprint density at radius 3 is 2.81 bits per heavy atom. The van der Waals surface area contributed by atoms with E-state index in [0.29, 0.717) is 11.6 Å². The fourth-order valence-corrected chi connectivity index (χ4v) is 2.71. The molecule has 2 N–H and O–H groups in total. The van der Waals surface area contributed by atoms with Crippen LogP contribution in [0.25, 0.3) is 0 Å². The molecule has 0 spiro atoms. The largest absolute Gasteiger partial charge is 0.365 e. The van der Waals surface area contributed by atoms with Crippen molar-refractivity contribution in [2.24, 2.45) is 5.92 Å². The molecule has 0 saturated heterocycles. The summed E-state index contributed by atoms with van der Waals surface area (Å²) in [5.41, 5.74) is 1.46. The molecule has 0 saturated carbocycles. The van der Waals surface area contributed by atoms with Crippen molar-refractivity contribution in [3.63, 3.8) is 0 Å². The molecule has 1 amide bonds. The highest BCUT2D eigenvalue weighted by Gasteiger charge is 2.19. The number of thiazole rings is 1. The van der Waals surface area contributed by atoms with Crippen molar-refractivity contribution >= 4 is 22.4 Å². The molecule has 0 radical (unpaired) electrons. The molecular formula is C15H20N4OS. The normalized spacial score (nSPS) is 12.2. The topological polar surface area (TPSA) is 66.9 Å². The second kappa shape index (κ2) is 7.17. The van der Waals surface area contributed by atoms with E-state index in [9.17, 15) is 4.79 Å². The Hall–Kier alpha value is -1.95. The summed E-state index contributed by atoms with van der Waals surface area (Å²) in [6.07, 6.45) is 4.39. The number of pyridine rings is 1. The number of carbonyl (C=O) groups is 1. The summed E-state index contributed by atoms with van der Waals surface area (Å²) >= 11 is 1.42. The molecule has 0 unspecified atom stereocenters. The van der Waals surface area contributed by atoms with Crippen LogP contribution < -0.4 is 10.6 Å². The minimum Gasteiger partial charge on any atom is -0.365 e. The average Bonchev–Trinajstić information content (AvgIpc) is 2.96. The second-order valence-corrected chi connectivity index (χ2v) is 6.09. The third-order valence-electron chi connectivity index (χ3n) is 3.05. The van der Waals surface area contributed by atoms with Gasteiger partial charge in [-0.1, -0.05) is 19.9 Å². The zero-order chi connectivity index (χ0) is 15.2. The van der Waals surface area contributed by atoms with Gasteiger partial charge in [0.05, 0.1) is 6.04 Å². The van der Waals surface area contributed by atoms with Gasteiger partial charge < -0.3 is 10.6 Å². The van der Waals surface area contributed by atoms with Crippen LogP contribution in [0.15, 0.2) is 29.9 Å². The number of aromatic nitrogens is 2. The summed E-state index contributed by atoms with van der Waals surface area (Å²) in [7, 11) is 1.79. The predicted octanol–water partition coefficient (Wildman–Crippen LogP) is 3.10. The van der Waals surface area contributed by atoms with E-state index in [2.05, 4.69) is 34.4 Å². The van der Waals surface area contributed by atoms with E-state index in [4.69, 9.17) is 0 Å². The van der Waals surface area contributed by atoms with E-state index in [1.165, 1.54) is 11.3 Å². The first kappa shape index (κ1) is 15.4. The smallest absolute Gasteiger partial charge is 0.271 e. The Kier molecular flexibility index (Phi) is 5.27. The van der Waals surface area contributed by atoms with Gasteiger partial charge in [0.1, 0.15) is 5.69 Å². The zero-order valence-electron chi connectivity index (χ0n) is 12.5. The Balaban J connectivity index is 2.13. The molecule has 2 heterocycles. The van der Waals surface area contributed by atoms with Gasteiger partial charge >= 0.3 is 0 Å². The van der Waals surface area contributed by atoms with Crippen molar-refractivity contribution in [1.29, 1.82) is 0 Å². The first-order chi connectivity index (χ1) is 10.1. The summed E-state index contributed by atoms with van der Waals surface area (Å²) in [6, 6.07) is 3.82. The van der Waals surface area contributed by atoms with Gasteiger partial charge in [-0.2, -0.15) is 0 Å². The molecule has 2 rings (SSSR count). The van der Waals surface area contributed by atoms with E-state index in [0.717, 1.165) is 17.1 Å². The first-order valence-corrected chi connectivity index (χ1v) is 7.82. The number of rotatable bonds is 6. The lowest BCUT2D eigenvalue weighted by Gasteiger charge is -2.20. The molecule has 0 aromatic carbocycles. The maximum atomic E-state index is 12.3. The number of amides is 1. The molecule has 0 aliphatic carbocycles. The van der Waals surface area contributed by atoms with Crippen molar-refractivity contribution in [2.75, 3.05) is 12.4 Å². The quantitative estimate of drug-likeness (QED) is 0.860. The van der Waals surface area contributed by atoms with Crippen molar-refractivity contribution in [1.82, 2.24) is 15.3 Å². The van der Waals surface area contributed by atoms with Gasteiger partial charge in [0, 0.05) is 24.8 Å². The lowest BCUT2D eigenvalue weighted by Crippen LogP contribution is -2.29. The predicted molar refractivity (Wildman–Crippen MR) is 85.6 cm³/mol. The standard InChI is InChI=1S/C15H20N4OS/c1-10(2)7-12(11-5-4-6-17-8-11)18-14(20)13-9-21-15(16-3)19-13/h4-6,8-10,12H,7H2,1-3H3,(H,16,19)(H,18,20)/t12-/m1/s1. The molecule has 2 aromatic heterocycles. The molecule has 1 atom stereocenters. The second-order valence-electron chi connectivity index (χ2n) is 5.23. The molecular weight excluding hydrogens is 284 g/mol. The molecule has 0 fully saturated rings.